The van der Waals surface area contributed by atoms with E-state index in [-0.39, 0.29) is 12.5 Å². The molecule has 0 unspecified atom stereocenters. The van der Waals surface area contributed by atoms with Crippen LogP contribution in [0, 0.1) is 0 Å². The third-order valence-corrected chi connectivity index (χ3v) is 3.87. The SMILES string of the molecule is Nc1cc(NC(=O)COCCc2cccs2)ccc1Cl. The Balaban J connectivity index is 1.71. The van der Waals surface area contributed by atoms with Crippen molar-refractivity contribution in [2.24, 2.45) is 0 Å². The highest BCUT2D eigenvalue weighted by molar-refractivity contribution is 7.09. The molecular weight excluding hydrogens is 296 g/mol. The van der Waals surface area contributed by atoms with E-state index in [4.69, 9.17) is 22.1 Å². The van der Waals surface area contributed by atoms with Crippen LogP contribution < -0.4 is 11.1 Å². The molecule has 0 radical (unpaired) electrons. The fraction of sp³-hybridized carbons (Fsp3) is 0.214. The number of carbonyl (C=O) groups excluding carboxylic acids is 1. The summed E-state index contributed by atoms with van der Waals surface area (Å²) < 4.78 is 5.33. The summed E-state index contributed by atoms with van der Waals surface area (Å²) in [6, 6.07) is 9.00. The average Bonchev–Trinajstić information content (AvgIpc) is 2.92. The molecule has 0 saturated heterocycles. The van der Waals surface area contributed by atoms with Crippen LogP contribution in [0.15, 0.2) is 35.7 Å². The van der Waals surface area contributed by atoms with Gasteiger partial charge >= 0.3 is 0 Å². The minimum absolute atomic E-state index is 0.0217. The van der Waals surface area contributed by atoms with Gasteiger partial charge in [0.15, 0.2) is 0 Å². The van der Waals surface area contributed by atoms with Crippen molar-refractivity contribution in [2.45, 2.75) is 6.42 Å². The third-order valence-electron chi connectivity index (χ3n) is 2.59. The monoisotopic (exact) mass is 310 g/mol. The molecule has 1 aromatic heterocycles. The molecule has 1 heterocycles. The summed E-state index contributed by atoms with van der Waals surface area (Å²) in [7, 11) is 0. The van der Waals surface area contributed by atoms with Gasteiger partial charge in [0.2, 0.25) is 5.91 Å². The van der Waals surface area contributed by atoms with E-state index >= 15 is 0 Å². The highest BCUT2D eigenvalue weighted by atomic mass is 35.5. The fourth-order valence-electron chi connectivity index (χ4n) is 1.61. The first-order valence-corrected chi connectivity index (χ1v) is 7.36. The van der Waals surface area contributed by atoms with Crippen molar-refractivity contribution in [2.75, 3.05) is 24.3 Å². The maximum absolute atomic E-state index is 11.7. The first kappa shape index (κ1) is 14.8. The molecule has 106 valence electrons. The first-order chi connectivity index (χ1) is 9.65. The number of ether oxygens (including phenoxy) is 1. The zero-order valence-corrected chi connectivity index (χ0v) is 12.3. The second kappa shape index (κ2) is 7.28. The molecule has 0 aliphatic rings. The van der Waals surface area contributed by atoms with Crippen LogP contribution in [0.4, 0.5) is 11.4 Å². The summed E-state index contributed by atoms with van der Waals surface area (Å²) in [6.45, 7) is 0.546. The Kier molecular flexibility index (Phi) is 5.40. The van der Waals surface area contributed by atoms with E-state index in [1.807, 2.05) is 17.5 Å². The van der Waals surface area contributed by atoms with Crippen molar-refractivity contribution in [1.29, 1.82) is 0 Å². The van der Waals surface area contributed by atoms with Crippen molar-refractivity contribution in [1.82, 2.24) is 0 Å². The Morgan fingerprint density at radius 1 is 1.40 bits per heavy atom. The molecule has 6 heteroatoms. The van der Waals surface area contributed by atoms with Crippen LogP contribution in [0.5, 0.6) is 0 Å². The minimum Gasteiger partial charge on any atom is -0.397 e. The summed E-state index contributed by atoms with van der Waals surface area (Å²) in [5.41, 5.74) is 6.70. The molecule has 1 amide bonds. The van der Waals surface area contributed by atoms with E-state index in [0.29, 0.717) is 23.0 Å². The number of hydrogen-bond acceptors (Lipinski definition) is 4. The Morgan fingerprint density at radius 3 is 2.95 bits per heavy atom. The van der Waals surface area contributed by atoms with Gasteiger partial charge in [-0.05, 0) is 29.6 Å². The van der Waals surface area contributed by atoms with Crippen molar-refractivity contribution in [3.05, 3.63) is 45.6 Å². The summed E-state index contributed by atoms with van der Waals surface area (Å²) >= 11 is 7.49. The Labute approximate surface area is 126 Å². The van der Waals surface area contributed by atoms with E-state index in [2.05, 4.69) is 5.32 Å². The predicted octanol–water partition coefficient (Wildman–Crippen LogP) is 3.18. The first-order valence-electron chi connectivity index (χ1n) is 6.10. The molecular formula is C14H15ClN2O2S. The summed E-state index contributed by atoms with van der Waals surface area (Å²) in [4.78, 5) is 12.9. The lowest BCUT2D eigenvalue weighted by atomic mass is 10.3. The molecule has 4 nitrogen and oxygen atoms in total. The largest absolute Gasteiger partial charge is 0.397 e. The smallest absolute Gasteiger partial charge is 0.250 e. The number of nitrogens with two attached hydrogens (primary N) is 1. The fourth-order valence-corrected chi connectivity index (χ4v) is 2.42. The predicted molar refractivity (Wildman–Crippen MR) is 83.3 cm³/mol. The number of nitrogen functional groups attached to an aromatic ring is 1. The molecule has 0 atom stereocenters. The number of anilines is 2. The third kappa shape index (κ3) is 4.52. The molecule has 2 aromatic rings. The van der Waals surface area contributed by atoms with Gasteiger partial charge < -0.3 is 15.8 Å². The second-order valence-corrected chi connectivity index (χ2v) is 5.61. The average molecular weight is 311 g/mol. The van der Waals surface area contributed by atoms with Crippen LogP contribution in [0.2, 0.25) is 5.02 Å². The van der Waals surface area contributed by atoms with Crippen molar-refractivity contribution < 1.29 is 9.53 Å². The van der Waals surface area contributed by atoms with E-state index in [1.54, 1.807) is 29.5 Å². The molecule has 0 saturated carbocycles. The van der Waals surface area contributed by atoms with Gasteiger partial charge in [-0.3, -0.25) is 4.79 Å². The number of nitrogens with one attached hydrogen (secondary N) is 1. The Bertz CT molecular complexity index is 573. The van der Waals surface area contributed by atoms with E-state index in [0.717, 1.165) is 6.42 Å². The standard InChI is InChI=1S/C14H15ClN2O2S/c15-12-4-3-10(8-13(12)16)17-14(18)9-19-6-5-11-2-1-7-20-11/h1-4,7-8H,5-6,9,16H2,(H,17,18). The minimum atomic E-state index is -0.210. The van der Waals surface area contributed by atoms with Crippen LogP contribution >= 0.6 is 22.9 Å². The summed E-state index contributed by atoms with van der Waals surface area (Å²) in [5.74, 6) is -0.210. The molecule has 0 bridgehead atoms. The zero-order valence-electron chi connectivity index (χ0n) is 10.8. The van der Waals surface area contributed by atoms with E-state index < -0.39 is 0 Å². The number of thiophene rings is 1. The Hall–Kier alpha value is -1.56. The van der Waals surface area contributed by atoms with Crippen LogP contribution in [0.3, 0.4) is 0 Å². The molecule has 0 spiro atoms. The van der Waals surface area contributed by atoms with Gasteiger partial charge in [0.1, 0.15) is 6.61 Å². The Morgan fingerprint density at radius 2 is 2.25 bits per heavy atom. The number of hydrogen-bond donors (Lipinski definition) is 2. The molecule has 0 fully saturated rings. The second-order valence-electron chi connectivity index (χ2n) is 4.17. The number of halogens is 1. The molecule has 2 rings (SSSR count). The maximum atomic E-state index is 11.7. The molecule has 3 N–H and O–H groups in total. The van der Waals surface area contributed by atoms with Crippen molar-refractivity contribution in [3.63, 3.8) is 0 Å². The van der Waals surface area contributed by atoms with Gasteiger partial charge in [-0.25, -0.2) is 0 Å². The zero-order chi connectivity index (χ0) is 14.4. The van der Waals surface area contributed by atoms with Gasteiger partial charge in [-0.1, -0.05) is 17.7 Å². The van der Waals surface area contributed by atoms with Gasteiger partial charge in [-0.2, -0.15) is 0 Å². The van der Waals surface area contributed by atoms with Crippen LogP contribution in [-0.4, -0.2) is 19.1 Å². The summed E-state index contributed by atoms with van der Waals surface area (Å²) in [6.07, 6.45) is 0.818. The molecule has 1 aromatic carbocycles. The normalized spacial score (nSPS) is 10.4. The van der Waals surface area contributed by atoms with E-state index in [9.17, 15) is 4.79 Å². The van der Waals surface area contributed by atoms with Crippen LogP contribution in [0.25, 0.3) is 0 Å². The van der Waals surface area contributed by atoms with Crippen LogP contribution in [-0.2, 0) is 16.0 Å². The number of rotatable bonds is 6. The number of benzene rings is 1. The summed E-state index contributed by atoms with van der Waals surface area (Å²) in [5, 5.41) is 5.19. The maximum Gasteiger partial charge on any atom is 0.250 e. The van der Waals surface area contributed by atoms with Crippen molar-refractivity contribution >= 4 is 40.2 Å². The molecule has 20 heavy (non-hydrogen) atoms. The lowest BCUT2D eigenvalue weighted by Crippen LogP contribution is -2.19. The molecule has 0 aliphatic heterocycles. The van der Waals surface area contributed by atoms with Gasteiger partial charge in [0.25, 0.3) is 0 Å². The highest BCUT2D eigenvalue weighted by Crippen LogP contribution is 2.22. The van der Waals surface area contributed by atoms with Gasteiger partial charge in [0, 0.05) is 17.0 Å². The number of amides is 1. The van der Waals surface area contributed by atoms with Crippen LogP contribution in [0.1, 0.15) is 4.88 Å². The van der Waals surface area contributed by atoms with Crippen molar-refractivity contribution in [3.8, 4) is 0 Å². The van der Waals surface area contributed by atoms with Gasteiger partial charge in [-0.15, -0.1) is 11.3 Å². The lowest BCUT2D eigenvalue weighted by molar-refractivity contribution is -0.120. The molecule has 0 aliphatic carbocycles. The highest BCUT2D eigenvalue weighted by Gasteiger charge is 2.04. The van der Waals surface area contributed by atoms with E-state index in [1.165, 1.54) is 4.88 Å². The van der Waals surface area contributed by atoms with Gasteiger partial charge in [0.05, 0.1) is 17.3 Å². The topological polar surface area (TPSA) is 64.3 Å². The number of carbonyl (C=O) groups is 1. The lowest BCUT2D eigenvalue weighted by Gasteiger charge is -2.07. The quantitative estimate of drug-likeness (QED) is 0.636.